The maximum Gasteiger partial charge on any atom is 2.00 e. The van der Waals surface area contributed by atoms with Crippen LogP contribution in [-0.4, -0.2) is 31.0 Å². The van der Waals surface area contributed by atoms with Crippen LogP contribution in [0.4, 0.5) is 14.5 Å². The number of nitrogens with zero attached hydrogens (tertiary/aromatic N) is 6. The summed E-state index contributed by atoms with van der Waals surface area (Å²) in [5.41, 5.74) is 6.22. The first-order valence-electron chi connectivity index (χ1n) is 16.3. The molecule has 0 bridgehead atoms. The van der Waals surface area contributed by atoms with Crippen LogP contribution in [0, 0.1) is 47.7 Å². The second kappa shape index (κ2) is 21.1. The van der Waals surface area contributed by atoms with E-state index in [1.54, 1.807) is 72.9 Å². The van der Waals surface area contributed by atoms with Crippen molar-refractivity contribution in [2.75, 3.05) is 0 Å². The fraction of sp³-hybridized carbons (Fsp3) is 0.0682. The number of hydrogen-bond donors (Lipinski definition) is 1. The molecule has 0 aliphatic carbocycles. The Morgan fingerprint density at radius 3 is 1.89 bits per heavy atom. The number of benzene rings is 3. The first kappa shape index (κ1) is 44.3. The number of carboxylic acid groups (broad SMARTS) is 1. The summed E-state index contributed by atoms with van der Waals surface area (Å²) < 4.78 is 25.8. The fourth-order valence-electron chi connectivity index (χ4n) is 4.99. The van der Waals surface area contributed by atoms with E-state index in [0.717, 1.165) is 46.0 Å². The van der Waals surface area contributed by atoms with Crippen LogP contribution in [0.5, 0.6) is 0 Å². The van der Waals surface area contributed by atoms with Crippen LogP contribution in [0.25, 0.3) is 38.6 Å². The Morgan fingerprint density at radius 2 is 1.38 bits per heavy atom. The van der Waals surface area contributed by atoms with Gasteiger partial charge in [0.25, 0.3) is 0 Å². The van der Waals surface area contributed by atoms with Crippen molar-refractivity contribution >= 4 is 11.7 Å². The quantitative estimate of drug-likeness (QED) is 0.165. The Hall–Kier alpha value is -6.09. The van der Waals surface area contributed by atoms with Gasteiger partial charge in [-0.25, -0.2) is 9.78 Å². The van der Waals surface area contributed by atoms with Gasteiger partial charge >= 0.3 is 27.0 Å². The molecule has 0 fully saturated rings. The van der Waals surface area contributed by atoms with Gasteiger partial charge in [-0.3, -0.25) is 13.6 Å². The van der Waals surface area contributed by atoms with Crippen molar-refractivity contribution in [1.29, 1.82) is 5.26 Å². The van der Waals surface area contributed by atoms with E-state index in [0.29, 0.717) is 16.9 Å². The molecule has 7 aromatic rings. The number of carbonyl (C=O) groups is 1. The molecule has 12 heteroatoms. The Morgan fingerprint density at radius 1 is 0.786 bits per heavy atom. The average molecular weight is 1100 g/mol. The van der Waals surface area contributed by atoms with E-state index in [2.05, 4.69) is 52.9 Å². The molecule has 56 heavy (non-hydrogen) atoms. The van der Waals surface area contributed by atoms with E-state index in [1.165, 1.54) is 12.3 Å². The van der Waals surface area contributed by atoms with Gasteiger partial charge in [0.1, 0.15) is 11.4 Å². The van der Waals surface area contributed by atoms with Gasteiger partial charge in [0.05, 0.1) is 12.6 Å². The number of halogens is 2. The molecule has 4 heterocycles. The topological polar surface area (TPSA) is 117 Å². The summed E-state index contributed by atoms with van der Waals surface area (Å²) >= 11 is 0. The van der Waals surface area contributed by atoms with Gasteiger partial charge in [0, 0.05) is 60.9 Å². The molecule has 0 atom stereocenters. The maximum absolute atomic E-state index is 13.2. The number of rotatable bonds is 6. The fourth-order valence-corrected chi connectivity index (χ4v) is 4.99. The first-order chi connectivity index (χ1) is 26.1. The Balaban J connectivity index is 0.000000277. The SMILES string of the molecule is Fc1c[c-]c(-c2ccccn2)c(F)c1.O=C(O)c1ccccn1.[C-]#[N+]c1cc[c-]c(-c2cccc(C(C)(C)c3cccc(-c4[c-]ccc(C#N)c4)n3)n2)c1.[Ir].[Pt+2]. The molecular formula is C44H29F2IrN6O2Pt-. The number of carboxylic acids is 1. The predicted molar refractivity (Wildman–Crippen MR) is 200 cm³/mol. The molecule has 0 aliphatic heterocycles. The number of aromatic carboxylic acids is 1. The molecule has 7 rings (SSSR count). The molecular weight excluding hydrogens is 1070 g/mol. The summed E-state index contributed by atoms with van der Waals surface area (Å²) in [7, 11) is 0. The molecule has 0 unspecified atom stereocenters. The van der Waals surface area contributed by atoms with Gasteiger partial charge in [-0.15, -0.1) is 65.7 Å². The Labute approximate surface area is 351 Å². The third-order valence-electron chi connectivity index (χ3n) is 7.84. The smallest absolute Gasteiger partial charge is 0.477 e. The molecule has 0 saturated carbocycles. The van der Waals surface area contributed by atoms with Crippen LogP contribution in [-0.2, 0) is 46.6 Å². The van der Waals surface area contributed by atoms with E-state index in [1.807, 2.05) is 36.4 Å². The second-order valence-electron chi connectivity index (χ2n) is 11.9. The van der Waals surface area contributed by atoms with Gasteiger partial charge in [-0.1, -0.05) is 54.1 Å². The van der Waals surface area contributed by atoms with Crippen molar-refractivity contribution in [3.63, 3.8) is 0 Å². The largest absolute Gasteiger partial charge is 2.00 e. The molecule has 1 N–H and O–H groups in total. The van der Waals surface area contributed by atoms with Crippen molar-refractivity contribution < 1.29 is 59.9 Å². The first-order valence-corrected chi connectivity index (χ1v) is 16.3. The predicted octanol–water partition coefficient (Wildman–Crippen LogP) is 9.76. The number of aromatic nitrogens is 4. The van der Waals surface area contributed by atoms with Crippen LogP contribution < -0.4 is 0 Å². The van der Waals surface area contributed by atoms with Crippen LogP contribution in [0.3, 0.4) is 0 Å². The van der Waals surface area contributed by atoms with Crippen molar-refractivity contribution in [2.24, 2.45) is 0 Å². The minimum absolute atomic E-state index is 0. The Bertz CT molecular complexity index is 2370. The van der Waals surface area contributed by atoms with Crippen LogP contribution in [0.15, 0.2) is 134 Å². The van der Waals surface area contributed by atoms with E-state index in [9.17, 15) is 18.8 Å². The molecule has 281 valence electrons. The van der Waals surface area contributed by atoms with Crippen molar-refractivity contribution in [3.05, 3.63) is 198 Å². The minimum Gasteiger partial charge on any atom is -0.477 e. The molecule has 0 spiro atoms. The summed E-state index contributed by atoms with van der Waals surface area (Å²) in [6.07, 6.45) is 3.00. The zero-order valence-electron chi connectivity index (χ0n) is 29.6. The van der Waals surface area contributed by atoms with Crippen LogP contribution in [0.1, 0.15) is 41.3 Å². The van der Waals surface area contributed by atoms with Crippen molar-refractivity contribution in [1.82, 2.24) is 19.9 Å². The van der Waals surface area contributed by atoms with Gasteiger partial charge in [0.15, 0.2) is 0 Å². The molecule has 1 radical (unpaired) electrons. The number of nitriles is 1. The van der Waals surface area contributed by atoms with Gasteiger partial charge in [-0.2, -0.15) is 11.3 Å². The number of hydrogen-bond acceptors (Lipinski definition) is 6. The summed E-state index contributed by atoms with van der Waals surface area (Å²) in [6, 6.07) is 45.0. The second-order valence-corrected chi connectivity index (χ2v) is 11.9. The van der Waals surface area contributed by atoms with Gasteiger partial charge in [0.2, 0.25) is 0 Å². The molecule has 4 aromatic heterocycles. The van der Waals surface area contributed by atoms with E-state index < -0.39 is 23.0 Å². The molecule has 8 nitrogen and oxygen atoms in total. The molecule has 0 aliphatic rings. The molecule has 0 amide bonds. The zero-order chi connectivity index (χ0) is 38.5. The van der Waals surface area contributed by atoms with E-state index in [4.69, 9.17) is 21.6 Å². The zero-order valence-corrected chi connectivity index (χ0v) is 34.3. The number of pyridine rings is 4. The molecule has 3 aromatic carbocycles. The maximum atomic E-state index is 13.2. The van der Waals surface area contributed by atoms with E-state index >= 15 is 0 Å². The van der Waals surface area contributed by atoms with Crippen LogP contribution in [0.2, 0.25) is 0 Å². The standard InChI is InChI=1S/C27H18N4.C11H6F2N.C6H5NO2.Ir.Pt/c1-27(2,25-14-6-12-23(30-25)20-9-4-8-19(16-20)18-28)26-15-7-13-24(31-26)21-10-5-11-22(17-21)29-3;12-8-4-5-9(10(13)7-8)11-3-1-2-6-14-11;8-6(9)5-3-1-2-4-7-5;;/h4-8,11-17H,1-2H3;1-4,6-7H;1-4H,(H,8,9);;/q-2;-1;;;+2. The van der Waals surface area contributed by atoms with Crippen LogP contribution >= 0.6 is 0 Å². The third-order valence-corrected chi connectivity index (χ3v) is 7.84. The summed E-state index contributed by atoms with van der Waals surface area (Å²) in [5, 5.41) is 17.5. The van der Waals surface area contributed by atoms with Crippen molar-refractivity contribution in [2.45, 2.75) is 19.3 Å². The average Bonchev–Trinajstić information content (AvgIpc) is 3.22. The van der Waals surface area contributed by atoms with Gasteiger partial charge in [-0.05, 0) is 66.8 Å². The van der Waals surface area contributed by atoms with E-state index in [-0.39, 0.29) is 52.4 Å². The normalized spacial score (nSPS) is 9.96. The summed E-state index contributed by atoms with van der Waals surface area (Å²) in [5.74, 6) is -2.28. The third kappa shape index (κ3) is 11.7. The summed E-state index contributed by atoms with van der Waals surface area (Å²) in [6.45, 7) is 11.4. The van der Waals surface area contributed by atoms with Crippen molar-refractivity contribution in [3.8, 4) is 39.8 Å². The molecule has 0 saturated heterocycles. The minimum atomic E-state index is -0.990. The Kier molecular flexibility index (Phi) is 16.7. The monoisotopic (exact) mass is 1100 g/mol. The summed E-state index contributed by atoms with van der Waals surface area (Å²) in [4.78, 5) is 30.9. The van der Waals surface area contributed by atoms with Gasteiger partial charge < -0.3 is 20.1 Å².